The third-order valence-electron chi connectivity index (χ3n) is 4.89. The largest absolute Gasteiger partial charge is 0.618 e. The fourth-order valence-electron chi connectivity index (χ4n) is 3.14. The molecule has 0 saturated heterocycles. The molecule has 0 atom stereocenters. The summed E-state index contributed by atoms with van der Waals surface area (Å²) in [5.74, 6) is -4.96. The molecular formula is C22H22ClF2N5O7S. The lowest BCUT2D eigenvalue weighted by Gasteiger charge is -2.17. The predicted molar refractivity (Wildman–Crippen MR) is 131 cm³/mol. The summed E-state index contributed by atoms with van der Waals surface area (Å²) < 4.78 is 62.8. The highest BCUT2D eigenvalue weighted by Gasteiger charge is 2.39. The zero-order chi connectivity index (χ0) is 27.9. The number of pyridine rings is 1. The predicted octanol–water partition coefficient (Wildman–Crippen LogP) is 1.71. The first kappa shape index (κ1) is 28.7. The number of halogens is 3. The van der Waals surface area contributed by atoms with Gasteiger partial charge in [0.1, 0.15) is 17.4 Å². The van der Waals surface area contributed by atoms with Gasteiger partial charge in [-0.15, -0.1) is 0 Å². The summed E-state index contributed by atoms with van der Waals surface area (Å²) >= 11 is 6.00. The van der Waals surface area contributed by atoms with E-state index in [4.69, 9.17) is 15.8 Å². The Bertz CT molecular complexity index is 1470. The van der Waals surface area contributed by atoms with E-state index in [1.165, 1.54) is 37.3 Å². The van der Waals surface area contributed by atoms with E-state index in [0.29, 0.717) is 5.56 Å². The fourth-order valence-corrected chi connectivity index (χ4v) is 4.04. The number of aromatic nitrogens is 3. The number of benzene rings is 1. The molecule has 0 aliphatic heterocycles. The van der Waals surface area contributed by atoms with Crippen LogP contribution < -0.4 is 25.1 Å². The van der Waals surface area contributed by atoms with Crippen molar-refractivity contribution in [2.45, 2.75) is 25.9 Å². The monoisotopic (exact) mass is 573 g/mol. The van der Waals surface area contributed by atoms with Gasteiger partial charge in [0.15, 0.2) is 12.0 Å². The molecule has 2 N–H and O–H groups in total. The number of alkyl halides is 2. The quantitative estimate of drug-likeness (QED) is 0.243. The number of para-hydroxylation sites is 1. The maximum atomic E-state index is 14.5. The number of amides is 1. The van der Waals surface area contributed by atoms with Gasteiger partial charge in [0.05, 0.1) is 19.3 Å². The molecule has 2 aromatic heterocycles. The Hall–Kier alpha value is -3.82. The van der Waals surface area contributed by atoms with Gasteiger partial charge in [-0.2, -0.15) is 21.9 Å². The van der Waals surface area contributed by atoms with Crippen LogP contribution in [0, 0.1) is 5.21 Å². The molecule has 0 unspecified atom stereocenters. The van der Waals surface area contributed by atoms with Gasteiger partial charge in [0.25, 0.3) is 11.3 Å². The smallest absolute Gasteiger partial charge is 0.449 e. The van der Waals surface area contributed by atoms with Gasteiger partial charge in [-0.1, -0.05) is 29.8 Å². The number of anilines is 1. The van der Waals surface area contributed by atoms with Gasteiger partial charge in [-0.05, 0) is 19.1 Å². The SMILES string of the molecule is CCOS(=O)(=O)Oc1ccccc1CNC(=O)Cn1c(Cl)cnc(NCC(F)(F)c2cccc[n+]2[O-])c1=O. The zero-order valence-corrected chi connectivity index (χ0v) is 21.3. The van der Waals surface area contributed by atoms with E-state index < -0.39 is 52.4 Å². The summed E-state index contributed by atoms with van der Waals surface area (Å²) in [5.41, 5.74) is -1.50. The minimum atomic E-state index is -4.31. The number of rotatable bonds is 12. The molecule has 0 fully saturated rings. The first-order chi connectivity index (χ1) is 17.9. The van der Waals surface area contributed by atoms with Gasteiger partial charge in [0, 0.05) is 24.2 Å². The van der Waals surface area contributed by atoms with E-state index in [2.05, 4.69) is 19.8 Å². The summed E-state index contributed by atoms with van der Waals surface area (Å²) in [5, 5.41) is 16.1. The van der Waals surface area contributed by atoms with Crippen molar-refractivity contribution in [3.8, 4) is 5.75 Å². The lowest BCUT2D eigenvalue weighted by molar-refractivity contribution is -0.624. The first-order valence-electron chi connectivity index (χ1n) is 10.9. The highest BCUT2D eigenvalue weighted by atomic mass is 35.5. The molecule has 0 aliphatic carbocycles. The number of nitrogens with zero attached hydrogens (tertiary/aromatic N) is 3. The van der Waals surface area contributed by atoms with Crippen LogP contribution in [-0.2, 0) is 38.4 Å². The topological polar surface area (TPSA) is 156 Å². The van der Waals surface area contributed by atoms with Crippen LogP contribution in [0.15, 0.2) is 59.7 Å². The maximum Gasteiger partial charge on any atom is 0.449 e. The maximum absolute atomic E-state index is 14.5. The van der Waals surface area contributed by atoms with E-state index in [1.807, 2.05) is 0 Å². The average molecular weight is 574 g/mol. The summed E-state index contributed by atoms with van der Waals surface area (Å²) in [6.07, 6.45) is 1.91. The van der Waals surface area contributed by atoms with Crippen LogP contribution in [0.2, 0.25) is 5.15 Å². The van der Waals surface area contributed by atoms with Crippen LogP contribution in [0.25, 0.3) is 0 Å². The Morgan fingerprint density at radius 3 is 2.66 bits per heavy atom. The third-order valence-corrected chi connectivity index (χ3v) is 6.10. The molecule has 0 radical (unpaired) electrons. The molecule has 1 amide bonds. The number of nitrogens with one attached hydrogen (secondary N) is 2. The fraction of sp³-hybridized carbons (Fsp3) is 0.273. The summed E-state index contributed by atoms with van der Waals surface area (Å²) in [6, 6.07) is 9.48. The van der Waals surface area contributed by atoms with Crippen molar-refractivity contribution >= 4 is 33.7 Å². The Morgan fingerprint density at radius 2 is 1.95 bits per heavy atom. The molecule has 0 saturated carbocycles. The molecule has 2 heterocycles. The van der Waals surface area contributed by atoms with Crippen molar-refractivity contribution in [3.63, 3.8) is 0 Å². The third kappa shape index (κ3) is 7.36. The Labute approximate surface area is 220 Å². The second kappa shape index (κ2) is 12.1. The molecule has 0 spiro atoms. The van der Waals surface area contributed by atoms with Crippen molar-refractivity contribution < 1.29 is 35.1 Å². The summed E-state index contributed by atoms with van der Waals surface area (Å²) in [7, 11) is -4.31. The molecule has 3 rings (SSSR count). The minimum Gasteiger partial charge on any atom is -0.618 e. The van der Waals surface area contributed by atoms with Crippen molar-refractivity contribution in [1.82, 2.24) is 14.9 Å². The van der Waals surface area contributed by atoms with Crippen molar-refractivity contribution in [2.75, 3.05) is 18.5 Å². The van der Waals surface area contributed by atoms with Crippen LogP contribution in [-0.4, -0.2) is 37.0 Å². The Morgan fingerprint density at radius 1 is 1.24 bits per heavy atom. The lowest BCUT2D eigenvalue weighted by atomic mass is 10.2. The van der Waals surface area contributed by atoms with Crippen LogP contribution in [0.3, 0.4) is 0 Å². The van der Waals surface area contributed by atoms with E-state index in [0.717, 1.165) is 23.0 Å². The normalized spacial score (nSPS) is 11.7. The van der Waals surface area contributed by atoms with Gasteiger partial charge in [-0.25, -0.2) is 9.17 Å². The van der Waals surface area contributed by atoms with Gasteiger partial charge < -0.3 is 20.0 Å². The molecule has 16 heteroatoms. The molecule has 1 aromatic carbocycles. The van der Waals surface area contributed by atoms with Crippen LogP contribution in [0.4, 0.5) is 14.6 Å². The number of hydrogen-bond donors (Lipinski definition) is 2. The minimum absolute atomic E-state index is 0.00896. The molecule has 38 heavy (non-hydrogen) atoms. The standard InChI is InChI=1S/C22H22ClF2N5O7S/c1-2-36-38(34,35)37-16-8-4-3-7-15(16)11-26-19(31)13-29-18(23)12-27-20(21(29)32)28-14-22(24,25)17-9-5-6-10-30(17)33/h3-10,12H,2,11,13-14H2,1H3,(H,26,31)(H,27,28). The van der Waals surface area contributed by atoms with E-state index in [1.54, 1.807) is 6.07 Å². The van der Waals surface area contributed by atoms with Gasteiger partial charge in [-0.3, -0.25) is 14.2 Å². The molecule has 12 nitrogen and oxygen atoms in total. The van der Waals surface area contributed by atoms with Gasteiger partial charge >= 0.3 is 16.3 Å². The van der Waals surface area contributed by atoms with Crippen LogP contribution >= 0.6 is 11.6 Å². The van der Waals surface area contributed by atoms with Crippen molar-refractivity contribution in [3.05, 3.63) is 86.8 Å². The zero-order valence-electron chi connectivity index (χ0n) is 19.8. The molecule has 3 aromatic rings. The Kier molecular flexibility index (Phi) is 9.19. The van der Waals surface area contributed by atoms with Crippen molar-refractivity contribution in [1.29, 1.82) is 0 Å². The average Bonchev–Trinajstić information content (AvgIpc) is 2.85. The lowest BCUT2D eigenvalue weighted by Crippen LogP contribution is -2.41. The number of carbonyl (C=O) groups excluding carboxylic acids is 1. The molecule has 0 aliphatic rings. The van der Waals surface area contributed by atoms with E-state index in [9.17, 15) is 32.0 Å². The molecule has 204 valence electrons. The highest BCUT2D eigenvalue weighted by molar-refractivity contribution is 7.82. The van der Waals surface area contributed by atoms with E-state index >= 15 is 0 Å². The molecular weight excluding hydrogens is 552 g/mol. The molecule has 0 bridgehead atoms. The van der Waals surface area contributed by atoms with Crippen molar-refractivity contribution in [2.24, 2.45) is 0 Å². The second-order valence-electron chi connectivity index (χ2n) is 7.57. The summed E-state index contributed by atoms with van der Waals surface area (Å²) in [4.78, 5) is 29.0. The van der Waals surface area contributed by atoms with Gasteiger partial charge in [0.2, 0.25) is 5.91 Å². The van der Waals surface area contributed by atoms with Crippen LogP contribution in [0.1, 0.15) is 18.2 Å². The van der Waals surface area contributed by atoms with Crippen LogP contribution in [0.5, 0.6) is 5.75 Å². The Balaban J connectivity index is 1.69. The highest BCUT2D eigenvalue weighted by Crippen LogP contribution is 2.25. The second-order valence-corrected chi connectivity index (χ2v) is 9.18. The number of hydrogen-bond acceptors (Lipinski definition) is 9. The first-order valence-corrected chi connectivity index (χ1v) is 12.6. The summed E-state index contributed by atoms with van der Waals surface area (Å²) in [6.45, 7) is -0.586. The number of carbonyl (C=O) groups is 1. The van der Waals surface area contributed by atoms with E-state index in [-0.39, 0.29) is 28.8 Å².